The molecule has 116 valence electrons. The van der Waals surface area contributed by atoms with Crippen molar-refractivity contribution in [3.05, 3.63) is 24.0 Å². The number of hydrogen-bond acceptors (Lipinski definition) is 5. The van der Waals surface area contributed by atoms with E-state index in [2.05, 4.69) is 10.2 Å². The summed E-state index contributed by atoms with van der Waals surface area (Å²) in [5, 5.41) is 8.25. The number of piperazine rings is 1. The van der Waals surface area contributed by atoms with Gasteiger partial charge in [-0.3, -0.25) is 4.90 Å². The molecule has 0 spiro atoms. The Balaban J connectivity index is 1.70. The van der Waals surface area contributed by atoms with E-state index >= 15 is 0 Å². The number of anilines is 1. The van der Waals surface area contributed by atoms with Crippen LogP contribution >= 0.6 is 0 Å². The molecule has 3 N–H and O–H groups in total. The first-order valence-corrected chi connectivity index (χ1v) is 8.52. The monoisotopic (exact) mass is 314 g/mol. The van der Waals surface area contributed by atoms with Crippen molar-refractivity contribution in [1.29, 1.82) is 0 Å². The zero-order chi connectivity index (χ0) is 15.0. The molecule has 0 atom stereocenters. The summed E-state index contributed by atoms with van der Waals surface area (Å²) in [5.74, 6) is -0.541. The second-order valence-corrected chi connectivity index (χ2v) is 7.05. The molecule has 2 aliphatic rings. The van der Waals surface area contributed by atoms with Gasteiger partial charge in [0.15, 0.2) is 0 Å². The molecule has 2 aliphatic heterocycles. The highest BCUT2D eigenvalue weighted by molar-refractivity contribution is 7.89. The number of primary sulfonamides is 1. The van der Waals surface area contributed by atoms with Gasteiger partial charge in [-0.1, -0.05) is 0 Å². The van der Waals surface area contributed by atoms with Crippen LogP contribution in [0.2, 0.25) is 0 Å². The highest BCUT2D eigenvalue weighted by Gasteiger charge is 2.28. The topological polar surface area (TPSA) is 78.7 Å². The van der Waals surface area contributed by atoms with Gasteiger partial charge in [0.2, 0.25) is 10.0 Å². The van der Waals surface area contributed by atoms with E-state index in [-0.39, 0.29) is 4.90 Å². The van der Waals surface area contributed by atoms with Gasteiger partial charge in [-0.2, -0.15) is 0 Å². The number of rotatable bonds is 3. The van der Waals surface area contributed by atoms with Crippen LogP contribution in [0.1, 0.15) is 0 Å². The maximum absolute atomic E-state index is 14.1. The van der Waals surface area contributed by atoms with Crippen molar-refractivity contribution >= 4 is 15.7 Å². The normalized spacial score (nSPS) is 21.3. The Morgan fingerprint density at radius 1 is 1.19 bits per heavy atom. The van der Waals surface area contributed by atoms with E-state index < -0.39 is 15.8 Å². The van der Waals surface area contributed by atoms with E-state index in [1.807, 2.05) is 4.90 Å². The van der Waals surface area contributed by atoms with Crippen LogP contribution in [-0.4, -0.2) is 58.6 Å². The number of sulfonamides is 1. The molecule has 8 heteroatoms. The third kappa shape index (κ3) is 3.03. The molecule has 0 aliphatic carbocycles. The summed E-state index contributed by atoms with van der Waals surface area (Å²) < 4.78 is 36.5. The first-order chi connectivity index (χ1) is 9.95. The molecule has 0 amide bonds. The third-order valence-electron chi connectivity index (χ3n) is 4.18. The molecular formula is C13H19FN4O2S. The van der Waals surface area contributed by atoms with E-state index in [1.165, 1.54) is 12.1 Å². The predicted molar refractivity (Wildman–Crippen MR) is 78.2 cm³/mol. The Morgan fingerprint density at radius 2 is 1.86 bits per heavy atom. The molecule has 3 rings (SSSR count). The first kappa shape index (κ1) is 14.7. The standard InChI is InChI=1S/C13H19FN4O2S/c14-12-7-11(21(15,19)20)1-2-13(12)18-5-3-17(4-6-18)10-8-16-9-10/h1-2,7,10,16H,3-6,8-9H2,(H2,15,19,20). The van der Waals surface area contributed by atoms with Crippen molar-refractivity contribution in [2.45, 2.75) is 10.9 Å². The van der Waals surface area contributed by atoms with E-state index in [0.29, 0.717) is 11.7 Å². The summed E-state index contributed by atoms with van der Waals surface area (Å²) in [7, 11) is -3.86. The number of benzene rings is 1. The molecule has 2 saturated heterocycles. The van der Waals surface area contributed by atoms with Crippen LogP contribution in [0, 0.1) is 5.82 Å². The zero-order valence-electron chi connectivity index (χ0n) is 11.6. The van der Waals surface area contributed by atoms with Crippen molar-refractivity contribution in [3.8, 4) is 0 Å². The highest BCUT2D eigenvalue weighted by atomic mass is 32.2. The SMILES string of the molecule is NS(=O)(=O)c1ccc(N2CCN(C3CNC3)CC2)c(F)c1. The quantitative estimate of drug-likeness (QED) is 0.791. The molecule has 0 radical (unpaired) electrons. The molecular weight excluding hydrogens is 295 g/mol. The fourth-order valence-electron chi connectivity index (χ4n) is 2.78. The Bertz CT molecular complexity index is 625. The molecule has 6 nitrogen and oxygen atoms in total. The molecule has 0 saturated carbocycles. The van der Waals surface area contributed by atoms with Gasteiger partial charge in [0, 0.05) is 45.3 Å². The summed E-state index contributed by atoms with van der Waals surface area (Å²) >= 11 is 0. The van der Waals surface area contributed by atoms with E-state index in [4.69, 9.17) is 5.14 Å². The van der Waals surface area contributed by atoms with Gasteiger partial charge < -0.3 is 10.2 Å². The number of hydrogen-bond donors (Lipinski definition) is 2. The van der Waals surface area contributed by atoms with E-state index in [1.54, 1.807) is 0 Å². The van der Waals surface area contributed by atoms with Crippen molar-refractivity contribution in [2.75, 3.05) is 44.2 Å². The van der Waals surface area contributed by atoms with E-state index in [9.17, 15) is 12.8 Å². The number of nitrogens with two attached hydrogens (primary N) is 1. The Labute approximate surface area is 123 Å². The minimum absolute atomic E-state index is 0.192. The molecule has 0 unspecified atom stereocenters. The zero-order valence-corrected chi connectivity index (χ0v) is 12.4. The minimum Gasteiger partial charge on any atom is -0.367 e. The summed E-state index contributed by atoms with van der Waals surface area (Å²) in [4.78, 5) is 4.16. The van der Waals surface area contributed by atoms with Crippen molar-refractivity contribution in [2.24, 2.45) is 5.14 Å². The molecule has 0 bridgehead atoms. The largest absolute Gasteiger partial charge is 0.367 e. The summed E-state index contributed by atoms with van der Waals surface area (Å²) in [6.07, 6.45) is 0. The highest BCUT2D eigenvalue weighted by Crippen LogP contribution is 2.24. The van der Waals surface area contributed by atoms with Crippen LogP contribution in [0.15, 0.2) is 23.1 Å². The fourth-order valence-corrected chi connectivity index (χ4v) is 3.31. The molecule has 2 heterocycles. The average molecular weight is 314 g/mol. The fraction of sp³-hybridized carbons (Fsp3) is 0.538. The van der Waals surface area contributed by atoms with Crippen molar-refractivity contribution < 1.29 is 12.8 Å². The van der Waals surface area contributed by atoms with Crippen LogP contribution in [0.5, 0.6) is 0 Å². The first-order valence-electron chi connectivity index (χ1n) is 6.97. The molecule has 2 fully saturated rings. The molecule has 0 aromatic heterocycles. The smallest absolute Gasteiger partial charge is 0.238 e. The predicted octanol–water partition coefficient (Wildman–Crippen LogP) is -0.433. The van der Waals surface area contributed by atoms with Gasteiger partial charge in [-0.05, 0) is 18.2 Å². The Hall–Kier alpha value is -1.22. The van der Waals surface area contributed by atoms with Crippen molar-refractivity contribution in [3.63, 3.8) is 0 Å². The van der Waals surface area contributed by atoms with E-state index in [0.717, 1.165) is 45.3 Å². The van der Waals surface area contributed by atoms with Crippen LogP contribution in [0.4, 0.5) is 10.1 Å². The van der Waals surface area contributed by atoms with Crippen LogP contribution in [0.25, 0.3) is 0 Å². The maximum atomic E-state index is 14.1. The van der Waals surface area contributed by atoms with Crippen LogP contribution in [0.3, 0.4) is 0 Å². The van der Waals surface area contributed by atoms with Gasteiger partial charge in [-0.15, -0.1) is 0 Å². The number of halogens is 1. The van der Waals surface area contributed by atoms with Gasteiger partial charge >= 0.3 is 0 Å². The summed E-state index contributed by atoms with van der Waals surface area (Å²) in [6, 6.07) is 4.44. The van der Waals surface area contributed by atoms with Crippen LogP contribution < -0.4 is 15.4 Å². The minimum atomic E-state index is -3.86. The Morgan fingerprint density at radius 3 is 2.33 bits per heavy atom. The lowest BCUT2D eigenvalue weighted by Gasteiger charge is -2.43. The lowest BCUT2D eigenvalue weighted by atomic mass is 10.1. The van der Waals surface area contributed by atoms with Gasteiger partial charge in [0.05, 0.1) is 10.6 Å². The lowest BCUT2D eigenvalue weighted by molar-refractivity contribution is 0.137. The molecule has 1 aromatic rings. The maximum Gasteiger partial charge on any atom is 0.238 e. The summed E-state index contributed by atoms with van der Waals surface area (Å²) in [6.45, 7) is 5.31. The number of nitrogens with zero attached hydrogens (tertiary/aromatic N) is 2. The second-order valence-electron chi connectivity index (χ2n) is 5.49. The van der Waals surface area contributed by atoms with Crippen LogP contribution in [-0.2, 0) is 10.0 Å². The molecule has 21 heavy (non-hydrogen) atoms. The van der Waals surface area contributed by atoms with Gasteiger partial charge in [0.1, 0.15) is 5.82 Å². The van der Waals surface area contributed by atoms with Gasteiger partial charge in [-0.25, -0.2) is 17.9 Å². The summed E-state index contributed by atoms with van der Waals surface area (Å²) in [5.41, 5.74) is 0.439. The number of nitrogens with one attached hydrogen (secondary N) is 1. The van der Waals surface area contributed by atoms with Crippen molar-refractivity contribution in [1.82, 2.24) is 10.2 Å². The Kier molecular flexibility index (Phi) is 3.87. The van der Waals surface area contributed by atoms with Gasteiger partial charge in [0.25, 0.3) is 0 Å². The second kappa shape index (κ2) is 5.53. The molecule has 1 aromatic carbocycles. The third-order valence-corrected chi connectivity index (χ3v) is 5.09. The average Bonchev–Trinajstić information content (AvgIpc) is 2.37. The lowest BCUT2D eigenvalue weighted by Crippen LogP contribution is -2.61.